The smallest absolute Gasteiger partial charge is 0.213 e. The zero-order chi connectivity index (χ0) is 13.4. The predicted molar refractivity (Wildman–Crippen MR) is 65.9 cm³/mol. The Balaban J connectivity index is 2.47. The highest BCUT2D eigenvalue weighted by Crippen LogP contribution is 2.08. The fourth-order valence-electron chi connectivity index (χ4n) is 1.28. The molecule has 0 aliphatic rings. The van der Waals surface area contributed by atoms with E-state index in [9.17, 15) is 14.9 Å². The molecule has 6 nitrogen and oxygen atoms in total. The lowest BCUT2D eigenvalue weighted by Gasteiger charge is -1.98. The van der Waals surface area contributed by atoms with E-state index in [2.05, 4.69) is 4.98 Å². The van der Waals surface area contributed by atoms with E-state index in [1.165, 1.54) is 13.2 Å². The van der Waals surface area contributed by atoms with E-state index in [0.29, 0.717) is 11.6 Å². The van der Waals surface area contributed by atoms with Gasteiger partial charge in [-0.2, -0.15) is 0 Å². The topological polar surface area (TPSA) is 82.3 Å². The van der Waals surface area contributed by atoms with Crippen LogP contribution in [0, 0.1) is 10.1 Å². The molecule has 1 rings (SSSR count). The predicted octanol–water partition coefficient (Wildman–Crippen LogP) is 1.73. The van der Waals surface area contributed by atoms with Crippen LogP contribution in [0.15, 0.2) is 24.3 Å². The normalized spacial score (nSPS) is 10.5. The van der Waals surface area contributed by atoms with Gasteiger partial charge in [0.05, 0.1) is 12.8 Å². The third-order valence-electron chi connectivity index (χ3n) is 2.16. The number of carbonyl (C=O) groups is 1. The minimum absolute atomic E-state index is 0.151. The van der Waals surface area contributed by atoms with Gasteiger partial charge in [-0.3, -0.25) is 14.9 Å². The number of nitro groups is 1. The van der Waals surface area contributed by atoms with Gasteiger partial charge in [0.1, 0.15) is 0 Å². The zero-order valence-corrected chi connectivity index (χ0v) is 10.0. The number of methoxy groups -OCH3 is 1. The van der Waals surface area contributed by atoms with Crippen LogP contribution in [-0.4, -0.2) is 29.3 Å². The number of hydrogen-bond donors (Lipinski definition) is 0. The van der Waals surface area contributed by atoms with Crippen LogP contribution in [0.1, 0.15) is 18.5 Å². The quantitative estimate of drug-likeness (QED) is 0.418. The van der Waals surface area contributed by atoms with Crippen LogP contribution >= 0.6 is 0 Å². The molecule has 0 aliphatic carbocycles. The molecular formula is C12H14N2O4. The molecule has 0 saturated carbocycles. The summed E-state index contributed by atoms with van der Waals surface area (Å²) in [6.45, 7) is -0.184. The van der Waals surface area contributed by atoms with Crippen molar-refractivity contribution in [3.63, 3.8) is 0 Å². The zero-order valence-electron chi connectivity index (χ0n) is 10.0. The second-order valence-electron chi connectivity index (χ2n) is 3.56. The van der Waals surface area contributed by atoms with Gasteiger partial charge < -0.3 is 4.74 Å². The standard InChI is InChI=1S/C12H14N2O4/c1-18-12-6-2-4-10(13-12)7-8-11(15)5-3-9-14(16)17/h2,4,6-8H,3,5,9H2,1H3/b8-7+. The van der Waals surface area contributed by atoms with Gasteiger partial charge in [0, 0.05) is 23.8 Å². The van der Waals surface area contributed by atoms with Crippen LogP contribution in [0.25, 0.3) is 6.08 Å². The highest BCUT2D eigenvalue weighted by Gasteiger charge is 2.02. The minimum atomic E-state index is -0.430. The molecule has 0 amide bonds. The van der Waals surface area contributed by atoms with Gasteiger partial charge in [-0.05, 0) is 18.2 Å². The second kappa shape index (κ2) is 7.16. The van der Waals surface area contributed by atoms with Crippen molar-refractivity contribution in [1.29, 1.82) is 0 Å². The summed E-state index contributed by atoms with van der Waals surface area (Å²) >= 11 is 0. The fourth-order valence-corrected chi connectivity index (χ4v) is 1.28. The number of ketones is 1. The van der Waals surface area contributed by atoms with Crippen molar-refractivity contribution in [1.82, 2.24) is 4.98 Å². The molecule has 0 aliphatic heterocycles. The Morgan fingerprint density at radius 1 is 1.56 bits per heavy atom. The first-order valence-electron chi connectivity index (χ1n) is 5.45. The Labute approximate surface area is 104 Å². The lowest BCUT2D eigenvalue weighted by molar-refractivity contribution is -0.480. The van der Waals surface area contributed by atoms with E-state index in [-0.39, 0.29) is 25.2 Å². The molecule has 0 saturated heterocycles. The van der Waals surface area contributed by atoms with Crippen molar-refractivity contribution < 1.29 is 14.5 Å². The van der Waals surface area contributed by atoms with Crippen molar-refractivity contribution in [2.45, 2.75) is 12.8 Å². The maximum absolute atomic E-state index is 11.4. The highest BCUT2D eigenvalue weighted by molar-refractivity contribution is 5.93. The fraction of sp³-hybridized carbons (Fsp3) is 0.333. The molecule has 0 unspecified atom stereocenters. The Kier molecular flexibility index (Phi) is 5.50. The van der Waals surface area contributed by atoms with E-state index in [4.69, 9.17) is 4.74 Å². The number of aromatic nitrogens is 1. The maximum atomic E-state index is 11.4. The summed E-state index contributed by atoms with van der Waals surface area (Å²) in [5, 5.41) is 10.1. The molecular weight excluding hydrogens is 236 g/mol. The number of allylic oxidation sites excluding steroid dienone is 1. The van der Waals surface area contributed by atoms with Gasteiger partial charge >= 0.3 is 0 Å². The van der Waals surface area contributed by atoms with Crippen molar-refractivity contribution in [3.05, 3.63) is 40.1 Å². The Bertz CT molecular complexity index is 457. The summed E-state index contributed by atoms with van der Waals surface area (Å²) in [5.74, 6) is 0.319. The number of carbonyl (C=O) groups excluding carboxylic acids is 1. The van der Waals surface area contributed by atoms with Crippen LogP contribution in [0.3, 0.4) is 0 Å². The van der Waals surface area contributed by atoms with Crippen LogP contribution < -0.4 is 4.74 Å². The van der Waals surface area contributed by atoms with Crippen LogP contribution in [0.5, 0.6) is 5.88 Å². The van der Waals surface area contributed by atoms with E-state index >= 15 is 0 Å². The Morgan fingerprint density at radius 3 is 3.00 bits per heavy atom. The van der Waals surface area contributed by atoms with Gasteiger partial charge in [-0.25, -0.2) is 4.98 Å². The molecule has 0 spiro atoms. The average molecular weight is 250 g/mol. The Morgan fingerprint density at radius 2 is 2.33 bits per heavy atom. The molecule has 0 fully saturated rings. The molecule has 0 bridgehead atoms. The van der Waals surface area contributed by atoms with E-state index < -0.39 is 4.92 Å². The maximum Gasteiger partial charge on any atom is 0.213 e. The molecule has 18 heavy (non-hydrogen) atoms. The number of nitrogens with zero attached hydrogens (tertiary/aromatic N) is 2. The lowest BCUT2D eigenvalue weighted by atomic mass is 10.2. The van der Waals surface area contributed by atoms with Crippen molar-refractivity contribution in [2.75, 3.05) is 13.7 Å². The van der Waals surface area contributed by atoms with Crippen LogP contribution in [0.4, 0.5) is 0 Å². The number of pyridine rings is 1. The van der Waals surface area contributed by atoms with Crippen LogP contribution in [-0.2, 0) is 4.79 Å². The summed E-state index contributed by atoms with van der Waals surface area (Å²) in [6.07, 6.45) is 3.36. The molecule has 1 aromatic heterocycles. The molecule has 96 valence electrons. The first-order valence-corrected chi connectivity index (χ1v) is 5.45. The molecule has 6 heteroatoms. The molecule has 0 atom stereocenters. The SMILES string of the molecule is COc1cccc(/C=C/C(=O)CCC[N+](=O)[O-])n1. The number of hydrogen-bond acceptors (Lipinski definition) is 5. The van der Waals surface area contributed by atoms with E-state index in [0.717, 1.165) is 0 Å². The molecule has 0 aromatic carbocycles. The third kappa shape index (κ3) is 5.20. The summed E-state index contributed by atoms with van der Waals surface area (Å²) < 4.78 is 4.95. The number of rotatable bonds is 7. The third-order valence-corrected chi connectivity index (χ3v) is 2.16. The summed E-state index contributed by atoms with van der Waals surface area (Å²) in [6, 6.07) is 5.21. The van der Waals surface area contributed by atoms with Crippen molar-refractivity contribution >= 4 is 11.9 Å². The van der Waals surface area contributed by atoms with Gasteiger partial charge in [0.25, 0.3) is 0 Å². The summed E-state index contributed by atoms with van der Waals surface area (Å²) in [7, 11) is 1.51. The minimum Gasteiger partial charge on any atom is -0.481 e. The van der Waals surface area contributed by atoms with E-state index in [1.807, 2.05) is 0 Å². The first kappa shape index (κ1) is 13.8. The van der Waals surface area contributed by atoms with Gasteiger partial charge in [0.15, 0.2) is 5.78 Å². The molecule has 0 radical (unpaired) electrons. The summed E-state index contributed by atoms with van der Waals surface area (Å²) in [4.78, 5) is 25.1. The lowest BCUT2D eigenvalue weighted by Crippen LogP contribution is -2.03. The summed E-state index contributed by atoms with van der Waals surface area (Å²) in [5.41, 5.74) is 0.608. The average Bonchev–Trinajstić information content (AvgIpc) is 2.36. The Hall–Kier alpha value is -2.24. The second-order valence-corrected chi connectivity index (χ2v) is 3.56. The van der Waals surface area contributed by atoms with Crippen LogP contribution in [0.2, 0.25) is 0 Å². The molecule has 1 aromatic rings. The van der Waals surface area contributed by atoms with Gasteiger partial charge in [-0.15, -0.1) is 0 Å². The van der Waals surface area contributed by atoms with Gasteiger partial charge in [0.2, 0.25) is 12.4 Å². The largest absolute Gasteiger partial charge is 0.481 e. The van der Waals surface area contributed by atoms with Gasteiger partial charge in [-0.1, -0.05) is 6.07 Å². The first-order chi connectivity index (χ1) is 8.61. The number of ether oxygens (including phenoxy) is 1. The van der Waals surface area contributed by atoms with E-state index in [1.54, 1.807) is 24.3 Å². The monoisotopic (exact) mass is 250 g/mol. The van der Waals surface area contributed by atoms with Crippen molar-refractivity contribution in [2.24, 2.45) is 0 Å². The van der Waals surface area contributed by atoms with Crippen molar-refractivity contribution in [3.8, 4) is 5.88 Å². The molecule has 0 N–H and O–H groups in total. The molecule has 1 heterocycles. The highest BCUT2D eigenvalue weighted by atomic mass is 16.6.